The highest BCUT2D eigenvalue weighted by Crippen LogP contribution is 2.21. The van der Waals surface area contributed by atoms with Crippen LogP contribution >= 0.6 is 22.9 Å². The number of amides is 1. The number of nitrogens with one attached hydrogen (secondary N) is 1. The average Bonchev–Trinajstić information content (AvgIpc) is 2.89. The molecule has 1 amide bonds. The Morgan fingerprint density at radius 2 is 1.96 bits per heavy atom. The first-order valence-corrected chi connectivity index (χ1v) is 8.59. The van der Waals surface area contributed by atoms with Crippen molar-refractivity contribution in [3.05, 3.63) is 74.2 Å². The van der Waals surface area contributed by atoms with E-state index in [0.717, 1.165) is 28.2 Å². The molecule has 4 nitrogen and oxygen atoms in total. The van der Waals surface area contributed by atoms with Crippen molar-refractivity contribution in [2.45, 2.75) is 13.5 Å². The molecule has 1 N–H and O–H groups in total. The lowest BCUT2D eigenvalue weighted by Gasteiger charge is -2.09. The first-order chi connectivity index (χ1) is 11.5. The smallest absolute Gasteiger partial charge is 0.308 e. The molecule has 6 heteroatoms. The Morgan fingerprint density at radius 3 is 2.67 bits per heavy atom. The summed E-state index contributed by atoms with van der Waals surface area (Å²) < 4.78 is 1.48. The van der Waals surface area contributed by atoms with E-state index in [4.69, 9.17) is 11.6 Å². The first-order valence-electron chi connectivity index (χ1n) is 7.34. The third-order valence-corrected chi connectivity index (χ3v) is 4.54. The minimum absolute atomic E-state index is 0.0436. The molecule has 0 aliphatic heterocycles. The molecule has 2 aromatic carbocycles. The van der Waals surface area contributed by atoms with Crippen molar-refractivity contribution in [1.82, 2.24) is 4.57 Å². The van der Waals surface area contributed by atoms with Gasteiger partial charge in [-0.25, -0.2) is 0 Å². The largest absolute Gasteiger partial charge is 0.324 e. The molecule has 0 unspecified atom stereocenters. The van der Waals surface area contributed by atoms with Crippen LogP contribution in [0.15, 0.2) is 58.7 Å². The highest BCUT2D eigenvalue weighted by Gasteiger charge is 2.13. The fourth-order valence-corrected chi connectivity index (χ4v) is 3.30. The molecule has 3 aromatic rings. The summed E-state index contributed by atoms with van der Waals surface area (Å²) in [7, 11) is 0. The summed E-state index contributed by atoms with van der Waals surface area (Å²) in [5, 5.41) is 5.08. The van der Waals surface area contributed by atoms with Gasteiger partial charge in [0.2, 0.25) is 5.91 Å². The second-order valence-electron chi connectivity index (χ2n) is 5.40. The summed E-state index contributed by atoms with van der Waals surface area (Å²) in [6.45, 7) is 1.96. The molecule has 0 atom stereocenters. The van der Waals surface area contributed by atoms with Crippen LogP contribution in [0.4, 0.5) is 5.69 Å². The van der Waals surface area contributed by atoms with Gasteiger partial charge in [0.15, 0.2) is 0 Å². The summed E-state index contributed by atoms with van der Waals surface area (Å²) >= 11 is 7.00. The van der Waals surface area contributed by atoms with E-state index in [0.29, 0.717) is 10.7 Å². The Hall–Kier alpha value is -2.37. The zero-order chi connectivity index (χ0) is 17.1. The number of carbonyl (C=O) groups excluding carboxylic acids is 1. The van der Waals surface area contributed by atoms with E-state index >= 15 is 0 Å². The molecule has 1 aromatic heterocycles. The van der Waals surface area contributed by atoms with Gasteiger partial charge in [-0.05, 0) is 30.7 Å². The number of hydrogen-bond donors (Lipinski definition) is 1. The van der Waals surface area contributed by atoms with Gasteiger partial charge >= 0.3 is 4.87 Å². The zero-order valence-corrected chi connectivity index (χ0v) is 14.5. The van der Waals surface area contributed by atoms with Crippen molar-refractivity contribution in [2.75, 3.05) is 5.32 Å². The van der Waals surface area contributed by atoms with Gasteiger partial charge in [-0.1, -0.05) is 58.8 Å². The first kappa shape index (κ1) is 16.5. The standard InChI is InChI=1S/C18H15ClN2O2S/c1-12-5-7-13(8-6-12)16-11-24-18(23)21(16)10-17(22)20-15-4-2-3-14(19)9-15/h2-9,11H,10H2,1H3,(H,20,22). The molecule has 24 heavy (non-hydrogen) atoms. The second-order valence-corrected chi connectivity index (χ2v) is 6.65. The number of aromatic nitrogens is 1. The maximum atomic E-state index is 12.3. The topological polar surface area (TPSA) is 51.1 Å². The van der Waals surface area contributed by atoms with E-state index in [2.05, 4.69) is 5.32 Å². The van der Waals surface area contributed by atoms with Gasteiger partial charge in [0, 0.05) is 16.1 Å². The van der Waals surface area contributed by atoms with Crippen LogP contribution in [0.3, 0.4) is 0 Å². The molecular formula is C18H15ClN2O2S. The van der Waals surface area contributed by atoms with Crippen LogP contribution in [0.2, 0.25) is 5.02 Å². The Labute approximate surface area is 148 Å². The molecule has 1 heterocycles. The van der Waals surface area contributed by atoms with Gasteiger partial charge in [0.1, 0.15) is 6.54 Å². The van der Waals surface area contributed by atoms with Crippen molar-refractivity contribution in [1.29, 1.82) is 0 Å². The normalized spacial score (nSPS) is 10.6. The minimum Gasteiger partial charge on any atom is -0.324 e. The molecule has 0 saturated carbocycles. The van der Waals surface area contributed by atoms with E-state index in [9.17, 15) is 9.59 Å². The van der Waals surface area contributed by atoms with Gasteiger partial charge in [0.05, 0.1) is 5.69 Å². The number of benzene rings is 2. The number of hydrogen-bond acceptors (Lipinski definition) is 3. The van der Waals surface area contributed by atoms with Crippen LogP contribution in [0.25, 0.3) is 11.3 Å². The van der Waals surface area contributed by atoms with Gasteiger partial charge < -0.3 is 5.32 Å². The Kier molecular flexibility index (Phi) is 4.83. The summed E-state index contributed by atoms with van der Waals surface area (Å²) in [6.07, 6.45) is 0. The van der Waals surface area contributed by atoms with Crippen molar-refractivity contribution in [2.24, 2.45) is 0 Å². The molecule has 0 aliphatic rings. The molecule has 0 bridgehead atoms. The molecule has 122 valence electrons. The fourth-order valence-electron chi connectivity index (χ4n) is 2.34. The van der Waals surface area contributed by atoms with Crippen molar-refractivity contribution < 1.29 is 4.79 Å². The maximum Gasteiger partial charge on any atom is 0.308 e. The Balaban J connectivity index is 1.82. The second kappa shape index (κ2) is 7.03. The SMILES string of the molecule is Cc1ccc(-c2csc(=O)n2CC(=O)Nc2cccc(Cl)c2)cc1. The van der Waals surface area contributed by atoms with Gasteiger partial charge in [0.25, 0.3) is 0 Å². The van der Waals surface area contributed by atoms with Crippen LogP contribution in [0, 0.1) is 6.92 Å². The maximum absolute atomic E-state index is 12.3. The molecule has 0 fully saturated rings. The van der Waals surface area contributed by atoms with Gasteiger partial charge in [-0.2, -0.15) is 0 Å². The molecule has 3 rings (SSSR count). The van der Waals surface area contributed by atoms with E-state index in [1.165, 1.54) is 4.57 Å². The summed E-state index contributed by atoms with van der Waals surface area (Å²) in [5.74, 6) is -0.272. The monoisotopic (exact) mass is 358 g/mol. The summed E-state index contributed by atoms with van der Waals surface area (Å²) in [5.41, 5.74) is 3.40. The number of carbonyl (C=O) groups is 1. The third kappa shape index (κ3) is 3.75. The minimum atomic E-state index is -0.272. The van der Waals surface area contributed by atoms with Crippen LogP contribution in [0.5, 0.6) is 0 Å². The van der Waals surface area contributed by atoms with Gasteiger partial charge in [-0.3, -0.25) is 14.2 Å². The predicted octanol–water partition coefficient (Wildman–Crippen LogP) is 4.18. The molecule has 0 aliphatic carbocycles. The molecule has 0 saturated heterocycles. The average molecular weight is 359 g/mol. The molecule has 0 spiro atoms. The zero-order valence-electron chi connectivity index (χ0n) is 13.0. The lowest BCUT2D eigenvalue weighted by Crippen LogP contribution is -2.25. The third-order valence-electron chi connectivity index (χ3n) is 3.54. The lowest BCUT2D eigenvalue weighted by atomic mass is 10.1. The number of halogens is 1. The van der Waals surface area contributed by atoms with Crippen LogP contribution in [-0.4, -0.2) is 10.5 Å². The van der Waals surface area contributed by atoms with E-state index in [1.54, 1.807) is 29.6 Å². The lowest BCUT2D eigenvalue weighted by molar-refractivity contribution is -0.116. The number of anilines is 1. The number of aryl methyl sites for hydroxylation is 1. The highest BCUT2D eigenvalue weighted by atomic mass is 35.5. The quantitative estimate of drug-likeness (QED) is 0.760. The number of nitrogens with zero attached hydrogens (tertiary/aromatic N) is 1. The molecule has 0 radical (unpaired) electrons. The van der Waals surface area contributed by atoms with Crippen molar-refractivity contribution >= 4 is 34.5 Å². The number of rotatable bonds is 4. The number of thiazole rings is 1. The van der Waals surface area contributed by atoms with E-state index in [-0.39, 0.29) is 17.3 Å². The van der Waals surface area contributed by atoms with Crippen LogP contribution in [-0.2, 0) is 11.3 Å². The predicted molar refractivity (Wildman–Crippen MR) is 98.8 cm³/mol. The van der Waals surface area contributed by atoms with Crippen LogP contribution in [0.1, 0.15) is 5.56 Å². The summed E-state index contributed by atoms with van der Waals surface area (Å²) in [4.78, 5) is 24.2. The van der Waals surface area contributed by atoms with Crippen LogP contribution < -0.4 is 10.2 Å². The van der Waals surface area contributed by atoms with Crippen molar-refractivity contribution in [3.8, 4) is 11.3 Å². The fraction of sp³-hybridized carbons (Fsp3) is 0.111. The highest BCUT2D eigenvalue weighted by molar-refractivity contribution is 7.07. The molecular weight excluding hydrogens is 344 g/mol. The van der Waals surface area contributed by atoms with Crippen molar-refractivity contribution in [3.63, 3.8) is 0 Å². The van der Waals surface area contributed by atoms with Gasteiger partial charge in [-0.15, -0.1) is 0 Å². The van der Waals surface area contributed by atoms with E-state index < -0.39 is 0 Å². The summed E-state index contributed by atoms with van der Waals surface area (Å²) in [6, 6.07) is 14.8. The van der Waals surface area contributed by atoms with E-state index in [1.807, 2.05) is 31.2 Å². The Morgan fingerprint density at radius 1 is 1.21 bits per heavy atom. The Bertz CT molecular complexity index is 929.